The van der Waals surface area contributed by atoms with Gasteiger partial charge < -0.3 is 5.73 Å². The van der Waals surface area contributed by atoms with E-state index >= 15 is 0 Å². The Kier molecular flexibility index (Phi) is 3.78. The van der Waals surface area contributed by atoms with Gasteiger partial charge in [0.1, 0.15) is 4.91 Å². The molecule has 4 nitrogen and oxygen atoms in total. The van der Waals surface area contributed by atoms with Crippen molar-refractivity contribution < 1.29 is 8.42 Å². The minimum Gasteiger partial charge on any atom is -0.399 e. The summed E-state index contributed by atoms with van der Waals surface area (Å²) in [6.45, 7) is 3.99. The fourth-order valence-corrected chi connectivity index (χ4v) is 5.09. The predicted octanol–water partition coefficient (Wildman–Crippen LogP) is 2.94. The van der Waals surface area contributed by atoms with Gasteiger partial charge in [-0.05, 0) is 25.0 Å². The lowest BCUT2D eigenvalue weighted by molar-refractivity contribution is 0.272. The number of benzene rings is 2. The summed E-state index contributed by atoms with van der Waals surface area (Å²) in [7, 11) is -3.65. The van der Waals surface area contributed by atoms with Gasteiger partial charge in [0.25, 0.3) is 0 Å². The highest BCUT2D eigenvalue weighted by Crippen LogP contribution is 2.43. The molecule has 0 aromatic heterocycles. The third kappa shape index (κ3) is 2.56. The molecule has 0 aliphatic carbocycles. The first kappa shape index (κ1) is 15.8. The molecule has 120 valence electrons. The van der Waals surface area contributed by atoms with Gasteiger partial charge in [0.15, 0.2) is 0 Å². The van der Waals surface area contributed by atoms with Gasteiger partial charge >= 0.3 is 0 Å². The summed E-state index contributed by atoms with van der Waals surface area (Å²) in [5.74, 6) is 0. The number of sulfonamides is 1. The molecule has 23 heavy (non-hydrogen) atoms. The van der Waals surface area contributed by atoms with E-state index < -0.39 is 15.6 Å². The molecule has 0 amide bonds. The van der Waals surface area contributed by atoms with E-state index in [0.717, 1.165) is 5.56 Å². The van der Waals surface area contributed by atoms with Crippen LogP contribution in [0.2, 0.25) is 0 Å². The number of rotatable bonds is 3. The summed E-state index contributed by atoms with van der Waals surface area (Å²) in [5.41, 5.74) is 7.46. The number of hydrogen-bond acceptors (Lipinski definition) is 3. The van der Waals surface area contributed by atoms with Crippen LogP contribution in [0.15, 0.2) is 66.4 Å². The molecule has 0 unspecified atom stereocenters. The van der Waals surface area contributed by atoms with Gasteiger partial charge in [0, 0.05) is 6.54 Å². The fourth-order valence-electron chi connectivity index (χ4n) is 2.89. The molecule has 5 heteroatoms. The molecule has 1 heterocycles. The molecule has 1 aliphatic rings. The molecule has 0 spiro atoms. The summed E-state index contributed by atoms with van der Waals surface area (Å²) in [5, 5.41) is 0. The lowest BCUT2D eigenvalue weighted by Gasteiger charge is -2.31. The third-order valence-electron chi connectivity index (χ3n) is 4.28. The van der Waals surface area contributed by atoms with E-state index in [1.807, 2.05) is 62.4 Å². The second-order valence-electron chi connectivity index (χ2n) is 6.17. The second-order valence-corrected chi connectivity index (χ2v) is 7.96. The average molecular weight is 328 g/mol. The van der Waals surface area contributed by atoms with Crippen LogP contribution >= 0.6 is 0 Å². The van der Waals surface area contributed by atoms with E-state index in [0.29, 0.717) is 17.8 Å². The lowest BCUT2D eigenvalue weighted by atomic mass is 9.98. The van der Waals surface area contributed by atoms with Gasteiger partial charge in [-0.1, -0.05) is 60.7 Å². The van der Waals surface area contributed by atoms with Crippen molar-refractivity contribution in [3.05, 3.63) is 77.5 Å². The summed E-state index contributed by atoms with van der Waals surface area (Å²) in [6, 6.07) is 18.6. The molecule has 0 saturated carbocycles. The first-order valence-electron chi connectivity index (χ1n) is 7.47. The van der Waals surface area contributed by atoms with Gasteiger partial charge in [-0.2, -0.15) is 4.31 Å². The van der Waals surface area contributed by atoms with Crippen LogP contribution in [-0.2, 0) is 16.6 Å². The molecule has 0 saturated heterocycles. The molecule has 0 atom stereocenters. The van der Waals surface area contributed by atoms with Crippen LogP contribution in [0.25, 0.3) is 4.91 Å². The third-order valence-corrected chi connectivity index (χ3v) is 6.42. The molecule has 2 aromatic carbocycles. The van der Waals surface area contributed by atoms with Crippen LogP contribution < -0.4 is 5.73 Å². The highest BCUT2D eigenvalue weighted by Gasteiger charge is 2.49. The van der Waals surface area contributed by atoms with Crippen molar-refractivity contribution in [1.82, 2.24) is 4.31 Å². The zero-order chi connectivity index (χ0) is 16.7. The van der Waals surface area contributed by atoms with Crippen molar-refractivity contribution in [2.45, 2.75) is 25.9 Å². The monoisotopic (exact) mass is 328 g/mol. The normalized spacial score (nSPS) is 19.9. The van der Waals surface area contributed by atoms with Gasteiger partial charge in [0.05, 0.1) is 11.2 Å². The van der Waals surface area contributed by atoms with Crippen LogP contribution in [0.1, 0.15) is 25.0 Å². The Balaban J connectivity index is 2.09. The van der Waals surface area contributed by atoms with Gasteiger partial charge in [-0.15, -0.1) is 0 Å². The highest BCUT2D eigenvalue weighted by atomic mass is 32.2. The molecule has 0 fully saturated rings. The maximum atomic E-state index is 13.1. The predicted molar refractivity (Wildman–Crippen MR) is 92.5 cm³/mol. The van der Waals surface area contributed by atoms with E-state index in [-0.39, 0.29) is 4.91 Å². The Labute approximate surface area is 137 Å². The van der Waals surface area contributed by atoms with Crippen molar-refractivity contribution in [2.75, 3.05) is 0 Å². The summed E-state index contributed by atoms with van der Waals surface area (Å²) in [6.07, 6.45) is 0. The summed E-state index contributed by atoms with van der Waals surface area (Å²) < 4.78 is 27.7. The first-order valence-corrected chi connectivity index (χ1v) is 8.91. The number of nitrogens with zero attached hydrogens (tertiary/aromatic N) is 1. The maximum absolute atomic E-state index is 13.1. The van der Waals surface area contributed by atoms with Crippen molar-refractivity contribution in [3.63, 3.8) is 0 Å². The second kappa shape index (κ2) is 5.51. The van der Waals surface area contributed by atoms with Crippen LogP contribution in [0.5, 0.6) is 0 Å². The van der Waals surface area contributed by atoms with Crippen molar-refractivity contribution in [1.29, 1.82) is 0 Å². The van der Waals surface area contributed by atoms with Crippen LogP contribution in [0.4, 0.5) is 0 Å². The topological polar surface area (TPSA) is 63.4 Å². The zero-order valence-electron chi connectivity index (χ0n) is 13.2. The molecule has 2 N–H and O–H groups in total. The molecule has 0 bridgehead atoms. The fraction of sp³-hybridized carbons (Fsp3) is 0.222. The van der Waals surface area contributed by atoms with Crippen molar-refractivity contribution in [3.8, 4) is 0 Å². The minimum absolute atomic E-state index is 0.221. The van der Waals surface area contributed by atoms with E-state index in [1.54, 1.807) is 12.1 Å². The maximum Gasteiger partial charge on any atom is 0.246 e. The van der Waals surface area contributed by atoms with E-state index in [2.05, 4.69) is 0 Å². The first-order chi connectivity index (χ1) is 10.8. The van der Waals surface area contributed by atoms with Gasteiger partial charge in [-0.3, -0.25) is 0 Å². The average Bonchev–Trinajstić information content (AvgIpc) is 2.66. The SMILES string of the molecule is CC1(C)C(N)=C(c2ccccc2)S(=O)(=O)N1Cc1ccccc1. The van der Waals surface area contributed by atoms with E-state index in [4.69, 9.17) is 5.73 Å². The Bertz CT molecular complexity index is 841. The van der Waals surface area contributed by atoms with Crippen molar-refractivity contribution in [2.24, 2.45) is 5.73 Å². The Morgan fingerprint density at radius 3 is 2.04 bits per heavy atom. The van der Waals surface area contributed by atoms with Crippen molar-refractivity contribution >= 4 is 14.9 Å². The number of hydrogen-bond donors (Lipinski definition) is 1. The Morgan fingerprint density at radius 1 is 0.957 bits per heavy atom. The molecule has 2 aromatic rings. The van der Waals surface area contributed by atoms with Crippen LogP contribution in [0, 0.1) is 0 Å². The quantitative estimate of drug-likeness (QED) is 0.942. The molecule has 0 radical (unpaired) electrons. The highest BCUT2D eigenvalue weighted by molar-refractivity contribution is 7.98. The van der Waals surface area contributed by atoms with Crippen LogP contribution in [-0.4, -0.2) is 18.3 Å². The molecule has 3 rings (SSSR count). The summed E-state index contributed by atoms with van der Waals surface area (Å²) >= 11 is 0. The summed E-state index contributed by atoms with van der Waals surface area (Å²) in [4.78, 5) is 0.221. The largest absolute Gasteiger partial charge is 0.399 e. The smallest absolute Gasteiger partial charge is 0.246 e. The Morgan fingerprint density at radius 2 is 1.48 bits per heavy atom. The molecule has 1 aliphatic heterocycles. The molecular formula is C18H20N2O2S. The van der Waals surface area contributed by atoms with E-state index in [1.165, 1.54) is 4.31 Å². The number of nitrogens with two attached hydrogens (primary N) is 1. The zero-order valence-corrected chi connectivity index (χ0v) is 14.0. The lowest BCUT2D eigenvalue weighted by Crippen LogP contribution is -2.44. The standard InChI is InChI=1S/C18H20N2O2S/c1-18(2)17(19)16(15-11-7-4-8-12-15)23(21,22)20(18)13-14-9-5-3-6-10-14/h3-12H,13,19H2,1-2H3. The Hall–Kier alpha value is -2.11. The van der Waals surface area contributed by atoms with E-state index in [9.17, 15) is 8.42 Å². The molecular weight excluding hydrogens is 308 g/mol. The van der Waals surface area contributed by atoms with Crippen LogP contribution in [0.3, 0.4) is 0 Å². The minimum atomic E-state index is -3.65. The van der Waals surface area contributed by atoms with Gasteiger partial charge in [0.2, 0.25) is 10.0 Å². The van der Waals surface area contributed by atoms with Gasteiger partial charge in [-0.25, -0.2) is 8.42 Å².